The maximum Gasteiger partial charge on any atom is 0.236 e. The van der Waals surface area contributed by atoms with Gasteiger partial charge in [-0.25, -0.2) is 9.50 Å². The smallest absolute Gasteiger partial charge is 0.236 e. The lowest BCUT2D eigenvalue weighted by molar-refractivity contribution is -0.130. The summed E-state index contributed by atoms with van der Waals surface area (Å²) in [5.74, 6) is 1.47. The van der Waals surface area contributed by atoms with Crippen LogP contribution in [0, 0.1) is 6.92 Å². The Bertz CT molecular complexity index is 1450. The number of carbonyl (C=O) groups is 1. The molecule has 1 fully saturated rings. The van der Waals surface area contributed by atoms with Gasteiger partial charge in [-0.15, -0.1) is 0 Å². The minimum Gasteiger partial charge on any atom is -0.493 e. The lowest BCUT2D eigenvalue weighted by atomic mass is 9.87. The van der Waals surface area contributed by atoms with Crippen molar-refractivity contribution in [3.63, 3.8) is 0 Å². The normalized spacial score (nSPS) is 14.9. The van der Waals surface area contributed by atoms with Crippen LogP contribution in [0.5, 0.6) is 5.75 Å². The second-order valence-corrected chi connectivity index (χ2v) is 10.6. The van der Waals surface area contributed by atoms with Gasteiger partial charge in [0.15, 0.2) is 11.4 Å². The predicted molar refractivity (Wildman–Crippen MR) is 146 cm³/mol. The van der Waals surface area contributed by atoms with Crippen LogP contribution in [0.2, 0.25) is 0 Å². The van der Waals surface area contributed by atoms with Crippen LogP contribution in [0.25, 0.3) is 28.3 Å². The molecule has 1 aliphatic rings. The van der Waals surface area contributed by atoms with Gasteiger partial charge >= 0.3 is 0 Å². The number of amides is 1. The van der Waals surface area contributed by atoms with E-state index >= 15 is 0 Å². The molecular weight excluding hydrogens is 480 g/mol. The highest BCUT2D eigenvalue weighted by molar-refractivity contribution is 5.77. The number of methoxy groups -OCH3 is 1. The van der Waals surface area contributed by atoms with Gasteiger partial charge in [0, 0.05) is 37.6 Å². The van der Waals surface area contributed by atoms with Gasteiger partial charge in [-0.3, -0.25) is 19.8 Å². The zero-order valence-corrected chi connectivity index (χ0v) is 23.0. The topological polar surface area (TPSA) is 105 Å². The van der Waals surface area contributed by atoms with Gasteiger partial charge in [0.05, 0.1) is 25.0 Å². The fraction of sp³-hybridized carbons (Fsp3) is 0.464. The van der Waals surface area contributed by atoms with E-state index in [1.165, 1.54) is 17.5 Å². The monoisotopic (exact) mass is 516 g/mol. The van der Waals surface area contributed by atoms with E-state index in [1.54, 1.807) is 16.5 Å². The molecule has 200 valence electrons. The Morgan fingerprint density at radius 1 is 1.21 bits per heavy atom. The number of aryl methyl sites for hydroxylation is 1. The molecule has 0 aliphatic carbocycles. The summed E-state index contributed by atoms with van der Waals surface area (Å²) >= 11 is 0. The summed E-state index contributed by atoms with van der Waals surface area (Å²) in [6.45, 7) is 8.83. The van der Waals surface area contributed by atoms with Crippen LogP contribution in [0.3, 0.4) is 0 Å². The highest BCUT2D eigenvalue weighted by Gasteiger charge is 2.26. The molecule has 4 aromatic rings. The SMILES string of the molecule is COc1cc(-c2[nH]nc(-c3cc(C)c(C4CCN(CC(=O)N(C)C)CC4)cn3)c2C(C)C)cn2ncnc12. The Kier molecular flexibility index (Phi) is 7.16. The highest BCUT2D eigenvalue weighted by atomic mass is 16.5. The van der Waals surface area contributed by atoms with E-state index in [0.29, 0.717) is 23.9 Å². The molecule has 1 N–H and O–H groups in total. The predicted octanol–water partition coefficient (Wildman–Crippen LogP) is 3.89. The molecule has 0 radical (unpaired) electrons. The number of hydrogen-bond donors (Lipinski definition) is 1. The van der Waals surface area contributed by atoms with E-state index in [4.69, 9.17) is 14.8 Å². The maximum atomic E-state index is 12.1. The van der Waals surface area contributed by atoms with E-state index in [9.17, 15) is 4.79 Å². The Morgan fingerprint density at radius 3 is 2.63 bits per heavy atom. The van der Waals surface area contributed by atoms with Crippen molar-refractivity contribution in [2.45, 2.75) is 45.4 Å². The van der Waals surface area contributed by atoms with Crippen LogP contribution in [-0.2, 0) is 4.79 Å². The minimum absolute atomic E-state index is 0.157. The van der Waals surface area contributed by atoms with Gasteiger partial charge in [0.2, 0.25) is 5.91 Å². The number of hydrogen-bond acceptors (Lipinski definition) is 7. The van der Waals surface area contributed by atoms with Crippen molar-refractivity contribution in [1.29, 1.82) is 0 Å². The van der Waals surface area contributed by atoms with Gasteiger partial charge in [-0.1, -0.05) is 13.8 Å². The molecule has 4 aromatic heterocycles. The third-order valence-corrected chi connectivity index (χ3v) is 7.51. The summed E-state index contributed by atoms with van der Waals surface area (Å²) in [5, 5.41) is 12.3. The highest BCUT2D eigenvalue weighted by Crippen LogP contribution is 2.38. The lowest BCUT2D eigenvalue weighted by Gasteiger charge is -2.32. The molecule has 0 unspecified atom stereocenters. The summed E-state index contributed by atoms with van der Waals surface area (Å²) in [5.41, 5.74) is 7.86. The van der Waals surface area contributed by atoms with Crippen molar-refractivity contribution in [2.24, 2.45) is 0 Å². The molecule has 1 saturated heterocycles. The summed E-state index contributed by atoms with van der Waals surface area (Å²) in [4.78, 5) is 25.2. The number of aromatic nitrogens is 6. The molecule has 1 aliphatic heterocycles. The van der Waals surface area contributed by atoms with Crippen LogP contribution in [-0.4, -0.2) is 86.3 Å². The summed E-state index contributed by atoms with van der Waals surface area (Å²) in [6, 6.07) is 4.12. The molecule has 0 spiro atoms. The third-order valence-electron chi connectivity index (χ3n) is 7.51. The van der Waals surface area contributed by atoms with Crippen LogP contribution in [0.4, 0.5) is 0 Å². The fourth-order valence-electron chi connectivity index (χ4n) is 5.37. The number of likely N-dealkylation sites (N-methyl/N-ethyl adjacent to an activating group) is 1. The molecule has 0 bridgehead atoms. The Labute approximate surface area is 223 Å². The second-order valence-electron chi connectivity index (χ2n) is 10.6. The Balaban J connectivity index is 1.41. The first kappa shape index (κ1) is 25.8. The first-order chi connectivity index (χ1) is 18.3. The van der Waals surface area contributed by atoms with E-state index < -0.39 is 0 Å². The molecule has 5 heterocycles. The van der Waals surface area contributed by atoms with Crippen LogP contribution >= 0.6 is 0 Å². The molecular formula is C28H36N8O2. The van der Waals surface area contributed by atoms with Crippen LogP contribution in [0.15, 0.2) is 30.9 Å². The van der Waals surface area contributed by atoms with Gasteiger partial charge < -0.3 is 9.64 Å². The molecule has 1 amide bonds. The van der Waals surface area contributed by atoms with E-state index in [1.807, 2.05) is 32.6 Å². The average molecular weight is 517 g/mol. The molecule has 0 saturated carbocycles. The second kappa shape index (κ2) is 10.5. The quantitative estimate of drug-likeness (QED) is 0.397. The fourth-order valence-corrected chi connectivity index (χ4v) is 5.37. The third kappa shape index (κ3) is 4.88. The molecule has 0 aromatic carbocycles. The number of nitrogens with one attached hydrogen (secondary N) is 1. The summed E-state index contributed by atoms with van der Waals surface area (Å²) < 4.78 is 7.29. The molecule has 0 atom stereocenters. The lowest BCUT2D eigenvalue weighted by Crippen LogP contribution is -2.40. The molecule has 10 heteroatoms. The summed E-state index contributed by atoms with van der Waals surface area (Å²) in [6.07, 6.45) is 7.54. The standard InChI is InChI=1S/C28H36N8O2/c1-17(2)25-26(20-12-23(38-6)28-30-16-31-36(28)14-20)32-33-27(25)22-11-18(3)21(13-29-22)19-7-9-35(10-8-19)15-24(37)34(4)5/h11-14,16-17,19H,7-10,15H2,1-6H3,(H,32,33). The number of piperidine rings is 1. The number of carbonyl (C=O) groups excluding carboxylic acids is 1. The number of nitrogens with zero attached hydrogens (tertiary/aromatic N) is 7. The van der Waals surface area contributed by atoms with Gasteiger partial charge in [-0.2, -0.15) is 10.2 Å². The van der Waals surface area contributed by atoms with Crippen molar-refractivity contribution >= 4 is 11.6 Å². The van der Waals surface area contributed by atoms with E-state index in [2.05, 4.69) is 46.9 Å². The number of pyridine rings is 2. The van der Waals surface area contributed by atoms with E-state index in [-0.39, 0.29) is 11.8 Å². The number of H-pyrrole nitrogens is 1. The first-order valence-electron chi connectivity index (χ1n) is 13.1. The van der Waals surface area contributed by atoms with E-state index in [0.717, 1.165) is 54.1 Å². The first-order valence-corrected chi connectivity index (χ1v) is 13.1. The van der Waals surface area contributed by atoms with Crippen molar-refractivity contribution < 1.29 is 9.53 Å². The zero-order valence-electron chi connectivity index (χ0n) is 23.0. The largest absolute Gasteiger partial charge is 0.493 e. The maximum absolute atomic E-state index is 12.1. The molecule has 5 rings (SSSR count). The number of ether oxygens (including phenoxy) is 1. The molecule has 38 heavy (non-hydrogen) atoms. The van der Waals surface area contributed by atoms with Gasteiger partial charge in [0.25, 0.3) is 0 Å². The Hall–Kier alpha value is -3.79. The number of likely N-dealkylation sites (tertiary alicyclic amines) is 1. The van der Waals surface area contributed by atoms with Crippen molar-refractivity contribution in [1.82, 2.24) is 39.6 Å². The minimum atomic E-state index is 0.157. The van der Waals surface area contributed by atoms with Crippen molar-refractivity contribution in [3.05, 3.63) is 47.5 Å². The number of aromatic amines is 1. The van der Waals surface area contributed by atoms with Gasteiger partial charge in [-0.05, 0) is 68.0 Å². The number of fused-ring (bicyclic) bond motifs is 1. The van der Waals surface area contributed by atoms with Crippen molar-refractivity contribution in [3.8, 4) is 28.4 Å². The zero-order chi connectivity index (χ0) is 27.0. The summed E-state index contributed by atoms with van der Waals surface area (Å²) in [7, 11) is 5.26. The number of rotatable bonds is 7. The van der Waals surface area contributed by atoms with Gasteiger partial charge in [0.1, 0.15) is 12.0 Å². The van der Waals surface area contributed by atoms with Crippen LogP contribution < -0.4 is 4.74 Å². The van der Waals surface area contributed by atoms with Crippen molar-refractivity contribution in [2.75, 3.05) is 40.8 Å². The average Bonchev–Trinajstić information content (AvgIpc) is 3.56. The molecule has 10 nitrogen and oxygen atoms in total. The van der Waals surface area contributed by atoms with Crippen LogP contribution in [0.1, 0.15) is 55.2 Å². The Morgan fingerprint density at radius 2 is 1.97 bits per heavy atom.